The van der Waals surface area contributed by atoms with Crippen molar-refractivity contribution in [3.05, 3.63) is 71.4 Å². The first kappa shape index (κ1) is 37.2. The van der Waals surface area contributed by atoms with E-state index >= 15 is 4.79 Å². The summed E-state index contributed by atoms with van der Waals surface area (Å²) in [5, 5.41) is 15.4. The first-order chi connectivity index (χ1) is 25.2. The van der Waals surface area contributed by atoms with E-state index in [2.05, 4.69) is 20.4 Å². The van der Waals surface area contributed by atoms with Gasteiger partial charge in [-0.1, -0.05) is 0 Å². The van der Waals surface area contributed by atoms with Crippen molar-refractivity contribution in [2.45, 2.75) is 42.6 Å². The number of urea groups is 1. The van der Waals surface area contributed by atoms with E-state index in [1.165, 1.54) is 73.8 Å². The summed E-state index contributed by atoms with van der Waals surface area (Å²) in [6.45, 7) is 1.91. The van der Waals surface area contributed by atoms with Gasteiger partial charge in [0.25, 0.3) is 15.9 Å². The highest BCUT2D eigenvalue weighted by atomic mass is 32.2. The van der Waals surface area contributed by atoms with E-state index in [0.29, 0.717) is 4.31 Å². The second-order valence-corrected chi connectivity index (χ2v) is 14.2. The Balaban J connectivity index is 1.43. The number of methoxy groups -OCH3 is 2. The lowest BCUT2D eigenvalue weighted by atomic mass is 9.71. The van der Waals surface area contributed by atoms with Gasteiger partial charge < -0.3 is 29.2 Å². The molecule has 2 unspecified atom stereocenters. The van der Waals surface area contributed by atoms with Crippen molar-refractivity contribution in [1.29, 1.82) is 5.26 Å². The minimum Gasteiger partial charge on any atom is -0.497 e. The average Bonchev–Trinajstić information content (AvgIpc) is 3.40. The maximum absolute atomic E-state index is 15.1. The van der Waals surface area contributed by atoms with E-state index in [-0.39, 0.29) is 78.8 Å². The van der Waals surface area contributed by atoms with Crippen LogP contribution in [0.1, 0.15) is 36.5 Å². The maximum Gasteiger partial charge on any atom is 0.490 e. The van der Waals surface area contributed by atoms with Crippen molar-refractivity contribution in [2.75, 3.05) is 44.8 Å². The van der Waals surface area contributed by atoms with Gasteiger partial charge in [0.15, 0.2) is 11.8 Å². The quantitative estimate of drug-likeness (QED) is 0.304. The molecule has 2 atom stereocenters. The molecule has 19 heteroatoms. The highest BCUT2D eigenvalue weighted by molar-refractivity contribution is 7.93. The van der Waals surface area contributed by atoms with Crippen molar-refractivity contribution in [2.24, 2.45) is 5.41 Å². The molecule has 53 heavy (non-hydrogen) atoms. The number of piperidine rings is 1. The third kappa shape index (κ3) is 6.20. The molecule has 3 aliphatic rings. The number of ether oxygens (including phenoxy) is 4. The summed E-state index contributed by atoms with van der Waals surface area (Å²) in [5.74, 6) is -3.46. The number of nitriles is 1. The highest BCUT2D eigenvalue weighted by Crippen LogP contribution is 2.50. The van der Waals surface area contributed by atoms with Crippen LogP contribution in [0.3, 0.4) is 0 Å². The first-order valence-electron chi connectivity index (χ1n) is 16.2. The van der Waals surface area contributed by atoms with Crippen molar-refractivity contribution in [3.8, 4) is 23.4 Å². The molecule has 2 aromatic carbocycles. The second-order valence-electron chi connectivity index (χ2n) is 12.4. The number of anilines is 1. The van der Waals surface area contributed by atoms with E-state index in [1.54, 1.807) is 6.92 Å². The molecule has 3 aliphatic heterocycles. The van der Waals surface area contributed by atoms with Gasteiger partial charge in [-0.25, -0.2) is 23.0 Å². The Kier molecular flexibility index (Phi) is 9.64. The van der Waals surface area contributed by atoms with Crippen LogP contribution in [0.5, 0.6) is 17.4 Å². The summed E-state index contributed by atoms with van der Waals surface area (Å²) >= 11 is 0. The number of rotatable bonds is 9. The molecule has 0 radical (unpaired) electrons. The number of sulfonamides is 1. The number of alkyl halides is 3. The van der Waals surface area contributed by atoms with Gasteiger partial charge in [0, 0.05) is 42.9 Å². The van der Waals surface area contributed by atoms with E-state index in [0.717, 1.165) is 0 Å². The molecular weight excluding hydrogens is 725 g/mol. The molecule has 0 saturated carbocycles. The van der Waals surface area contributed by atoms with Gasteiger partial charge in [0.1, 0.15) is 16.4 Å². The fourth-order valence-corrected chi connectivity index (χ4v) is 8.42. The number of carbonyl (C=O) groups is 3. The van der Waals surface area contributed by atoms with Crippen LogP contribution in [-0.4, -0.2) is 89.1 Å². The molecule has 2 N–H and O–H groups in total. The van der Waals surface area contributed by atoms with Crippen molar-refractivity contribution in [1.82, 2.24) is 20.5 Å². The fourth-order valence-electron chi connectivity index (χ4n) is 6.81. The van der Waals surface area contributed by atoms with E-state index < -0.39 is 56.2 Å². The van der Waals surface area contributed by atoms with Gasteiger partial charge in [0.2, 0.25) is 5.88 Å². The summed E-state index contributed by atoms with van der Waals surface area (Å²) in [6.07, 6.45) is -4.76. The summed E-state index contributed by atoms with van der Waals surface area (Å²) in [6, 6.07) is 11.8. The Bertz CT molecular complexity index is 2120. The third-order valence-electron chi connectivity index (χ3n) is 9.59. The minimum absolute atomic E-state index is 0.0284. The van der Waals surface area contributed by atoms with Crippen LogP contribution in [0.25, 0.3) is 0 Å². The predicted octanol–water partition coefficient (Wildman–Crippen LogP) is 3.17. The van der Waals surface area contributed by atoms with Crippen molar-refractivity contribution >= 4 is 33.6 Å². The summed E-state index contributed by atoms with van der Waals surface area (Å²) in [4.78, 5) is 46.2. The second kappa shape index (κ2) is 13.7. The number of nitrogens with one attached hydrogen (secondary N) is 2. The number of pyridine rings is 1. The van der Waals surface area contributed by atoms with Crippen molar-refractivity contribution < 1.29 is 54.9 Å². The van der Waals surface area contributed by atoms with Gasteiger partial charge in [-0.3, -0.25) is 10.1 Å². The molecule has 15 nitrogen and oxygen atoms in total. The van der Waals surface area contributed by atoms with Crippen LogP contribution in [0, 0.1) is 16.7 Å². The number of aromatic nitrogens is 1. The number of nitrogens with zero attached hydrogens (tertiary/aromatic N) is 4. The number of halogens is 3. The average molecular weight is 759 g/mol. The first-order valence-corrected chi connectivity index (χ1v) is 17.6. The molecule has 2 fully saturated rings. The molecule has 1 aromatic heterocycles. The van der Waals surface area contributed by atoms with Crippen LogP contribution >= 0.6 is 0 Å². The molecule has 2 saturated heterocycles. The topological polar surface area (TPSA) is 189 Å². The van der Waals surface area contributed by atoms with Crippen LogP contribution in [-0.2, 0) is 29.9 Å². The smallest absolute Gasteiger partial charge is 0.490 e. The molecule has 4 heterocycles. The standard InChI is InChI=1S/C34H33F3N6O9S/c1-4-51-27-22(6-5-13-39-27)33(41-31(46)42-14-11-32(12-15-42)19-40-28(32)52-30(45)34(35,36)37)23-16-20(18-38)7-9-24(23)43(29(33)44)53(47,48)26-10-8-21(49-2)17-25(26)50-3/h5-10,13,16-17,28,40H,4,11-12,14-15,19H2,1-3H3,(H,41,46). The number of fused-ring (bicyclic) bond motifs is 1. The van der Waals surface area contributed by atoms with Gasteiger partial charge >= 0.3 is 18.2 Å². The minimum atomic E-state index is -5.19. The van der Waals surface area contributed by atoms with Gasteiger partial charge in [-0.05, 0) is 62.2 Å². The highest BCUT2D eigenvalue weighted by Gasteiger charge is 2.60. The van der Waals surface area contributed by atoms with Crippen molar-refractivity contribution in [3.63, 3.8) is 0 Å². The number of benzene rings is 2. The van der Waals surface area contributed by atoms with E-state index in [9.17, 15) is 36.4 Å². The van der Waals surface area contributed by atoms with Crippen LogP contribution in [0.4, 0.5) is 23.7 Å². The molecule has 0 aliphatic carbocycles. The summed E-state index contributed by atoms with van der Waals surface area (Å²) in [5.41, 5.74) is -3.47. The zero-order valence-corrected chi connectivity index (χ0v) is 29.3. The summed E-state index contributed by atoms with van der Waals surface area (Å²) < 4.78 is 89.5. The van der Waals surface area contributed by atoms with Crippen LogP contribution < -0.4 is 29.1 Å². The van der Waals surface area contributed by atoms with Crippen LogP contribution in [0.15, 0.2) is 59.6 Å². The maximum atomic E-state index is 15.1. The van der Waals surface area contributed by atoms with Gasteiger partial charge in [-0.2, -0.15) is 22.7 Å². The zero-order chi connectivity index (χ0) is 38.3. The monoisotopic (exact) mass is 758 g/mol. The molecule has 280 valence electrons. The Morgan fingerprint density at radius 1 is 1.09 bits per heavy atom. The lowest BCUT2D eigenvalue weighted by molar-refractivity contribution is -0.224. The Labute approximate surface area is 301 Å². The van der Waals surface area contributed by atoms with E-state index in [4.69, 9.17) is 14.2 Å². The third-order valence-corrected chi connectivity index (χ3v) is 11.3. The Morgan fingerprint density at radius 2 is 1.83 bits per heavy atom. The summed E-state index contributed by atoms with van der Waals surface area (Å²) in [7, 11) is -2.21. The van der Waals surface area contributed by atoms with Gasteiger partial charge in [-0.15, -0.1) is 0 Å². The Hall–Kier alpha value is -5.61. The lowest BCUT2D eigenvalue weighted by Crippen LogP contribution is -2.68. The molecule has 3 aromatic rings. The predicted molar refractivity (Wildman–Crippen MR) is 177 cm³/mol. The van der Waals surface area contributed by atoms with Gasteiger partial charge in [0.05, 0.1) is 43.7 Å². The number of hydrogen-bond donors (Lipinski definition) is 2. The fraction of sp³-hybridized carbons (Fsp3) is 0.382. The SMILES string of the molecule is CCOc1ncccc1C1(NC(=O)N2CCC3(CC2)CNC3OC(=O)C(F)(F)F)C(=O)N(S(=O)(=O)c2ccc(OC)cc2OC)c2ccc(C#N)cc21. The molecule has 3 amide bonds. The van der Waals surface area contributed by atoms with E-state index in [1.807, 2.05) is 6.07 Å². The molecule has 1 spiro atoms. The number of carbonyl (C=O) groups excluding carboxylic acids is 3. The normalized spacial score (nSPS) is 20.5. The molecule has 6 rings (SSSR count). The zero-order valence-electron chi connectivity index (χ0n) is 28.5. The van der Waals surface area contributed by atoms with Crippen LogP contribution in [0.2, 0.25) is 0 Å². The number of likely N-dealkylation sites (tertiary alicyclic amines) is 1. The Morgan fingerprint density at radius 3 is 2.43 bits per heavy atom. The largest absolute Gasteiger partial charge is 0.497 e. The lowest BCUT2D eigenvalue weighted by Gasteiger charge is -2.53. The number of amides is 3. The number of hydrogen-bond acceptors (Lipinski definition) is 12. The molecule has 0 bridgehead atoms. The molecular formula is C34H33F3N6O9S. The number of esters is 1.